The van der Waals surface area contributed by atoms with Crippen LogP contribution in [0.25, 0.3) is 5.57 Å². The van der Waals surface area contributed by atoms with Crippen molar-refractivity contribution in [2.75, 3.05) is 6.54 Å². The smallest absolute Gasteiger partial charge is 0.245 e. The molecule has 6 nitrogen and oxygen atoms in total. The fraction of sp³-hybridized carbons (Fsp3) is 0.286. The molecule has 2 aliphatic heterocycles. The molecule has 0 aliphatic carbocycles. The molecule has 1 amide bonds. The van der Waals surface area contributed by atoms with Gasteiger partial charge >= 0.3 is 0 Å². The number of tetrazole rings is 1. The van der Waals surface area contributed by atoms with E-state index in [0.29, 0.717) is 6.54 Å². The van der Waals surface area contributed by atoms with Crippen molar-refractivity contribution in [1.29, 1.82) is 0 Å². The lowest BCUT2D eigenvalue weighted by Gasteiger charge is -2.40. The first-order valence-electron chi connectivity index (χ1n) is 6.49. The number of hydrogen-bond acceptors (Lipinski definition) is 4. The number of carbonyl (C=O) groups is 1. The van der Waals surface area contributed by atoms with Crippen molar-refractivity contribution in [3.63, 3.8) is 0 Å². The normalized spacial score (nSPS) is 20.4. The fourth-order valence-electron chi connectivity index (χ4n) is 3.01. The Balaban J connectivity index is 1.98. The van der Waals surface area contributed by atoms with Crippen LogP contribution in [-0.4, -0.2) is 37.6 Å². The van der Waals surface area contributed by atoms with Crippen LogP contribution in [0.2, 0.25) is 0 Å². The molecule has 0 bridgehead atoms. The Bertz CT molecular complexity index is 748. The maximum absolute atomic E-state index is 12.3. The molecule has 100 valence electrons. The van der Waals surface area contributed by atoms with Crippen LogP contribution in [0.4, 0.5) is 0 Å². The highest BCUT2D eigenvalue weighted by Gasteiger charge is 2.40. The van der Waals surface area contributed by atoms with Crippen LogP contribution < -0.4 is 0 Å². The maximum Gasteiger partial charge on any atom is 0.245 e. The Morgan fingerprint density at radius 1 is 1.35 bits per heavy atom. The molecule has 2 aliphatic rings. The van der Waals surface area contributed by atoms with Gasteiger partial charge in [-0.1, -0.05) is 30.3 Å². The van der Waals surface area contributed by atoms with Gasteiger partial charge < -0.3 is 4.90 Å². The molecule has 4 rings (SSSR count). The summed E-state index contributed by atoms with van der Waals surface area (Å²) in [7, 11) is 0. The first kappa shape index (κ1) is 11.3. The van der Waals surface area contributed by atoms with E-state index >= 15 is 0 Å². The van der Waals surface area contributed by atoms with Crippen LogP contribution in [-0.2, 0) is 11.3 Å². The zero-order valence-electron chi connectivity index (χ0n) is 11.1. The van der Waals surface area contributed by atoms with E-state index in [4.69, 9.17) is 0 Å². The number of carbonyl (C=O) groups excluding carboxylic acids is 1. The van der Waals surface area contributed by atoms with Crippen molar-refractivity contribution in [2.24, 2.45) is 0 Å². The average Bonchev–Trinajstić information content (AvgIpc) is 2.87. The van der Waals surface area contributed by atoms with E-state index < -0.39 is 0 Å². The van der Waals surface area contributed by atoms with Gasteiger partial charge in [0.1, 0.15) is 12.6 Å². The predicted molar refractivity (Wildman–Crippen MR) is 71.6 cm³/mol. The second kappa shape index (κ2) is 3.75. The van der Waals surface area contributed by atoms with Crippen LogP contribution in [0.3, 0.4) is 0 Å². The highest BCUT2D eigenvalue weighted by molar-refractivity contribution is 5.83. The molecule has 1 atom stereocenters. The van der Waals surface area contributed by atoms with Crippen molar-refractivity contribution >= 4 is 11.5 Å². The molecule has 1 aromatic heterocycles. The zero-order chi connectivity index (χ0) is 13.9. The molecule has 0 fully saturated rings. The lowest BCUT2D eigenvalue weighted by atomic mass is 9.87. The van der Waals surface area contributed by atoms with Gasteiger partial charge in [0.25, 0.3) is 0 Å². The minimum Gasteiger partial charge on any atom is -0.322 e. The van der Waals surface area contributed by atoms with Gasteiger partial charge in [0, 0.05) is 6.54 Å². The Hall–Kier alpha value is -2.50. The monoisotopic (exact) mass is 267 g/mol. The van der Waals surface area contributed by atoms with Crippen LogP contribution in [0, 0.1) is 6.92 Å². The third kappa shape index (κ3) is 1.39. The minimum atomic E-state index is -0.202. The van der Waals surface area contributed by atoms with Gasteiger partial charge in [-0.2, -0.15) is 0 Å². The molecule has 2 aromatic rings. The average molecular weight is 267 g/mol. The first-order valence-corrected chi connectivity index (χ1v) is 6.49. The van der Waals surface area contributed by atoms with Crippen molar-refractivity contribution in [1.82, 2.24) is 25.1 Å². The van der Waals surface area contributed by atoms with Crippen molar-refractivity contribution in [2.45, 2.75) is 19.5 Å². The van der Waals surface area contributed by atoms with Gasteiger partial charge in [-0.05, 0) is 34.1 Å². The predicted octanol–water partition coefficient (Wildman–Crippen LogP) is 0.940. The zero-order valence-corrected chi connectivity index (χ0v) is 11.1. The highest BCUT2D eigenvalue weighted by Crippen LogP contribution is 2.40. The Morgan fingerprint density at radius 3 is 3.05 bits per heavy atom. The molecule has 0 N–H and O–H groups in total. The molecule has 0 saturated heterocycles. The number of nitrogens with zero attached hydrogens (tertiary/aromatic N) is 5. The maximum atomic E-state index is 12.3. The number of aromatic nitrogens is 4. The van der Waals surface area contributed by atoms with Crippen LogP contribution in [0.5, 0.6) is 0 Å². The van der Waals surface area contributed by atoms with E-state index in [0.717, 1.165) is 22.5 Å². The molecule has 20 heavy (non-hydrogen) atoms. The molecule has 1 unspecified atom stereocenters. The Labute approximate surface area is 115 Å². The quantitative estimate of drug-likeness (QED) is 0.712. The summed E-state index contributed by atoms with van der Waals surface area (Å²) in [5, 5.41) is 11.7. The molecule has 0 spiro atoms. The van der Waals surface area contributed by atoms with E-state index in [1.54, 1.807) is 4.68 Å². The summed E-state index contributed by atoms with van der Waals surface area (Å²) in [6.07, 6.45) is 0. The molecular weight excluding hydrogens is 254 g/mol. The first-order chi connectivity index (χ1) is 9.65. The standard InChI is InChI=1S/C14H13N5O/c1-8-3-4-10-11(5-8)9(2)6-18-12(20)7-19-14(13(10)18)15-16-17-19/h3-5,13H,2,6-7H2,1H3. The number of fused-ring (bicyclic) bond motifs is 5. The van der Waals surface area contributed by atoms with Gasteiger partial charge in [-0.15, -0.1) is 5.10 Å². The molecule has 0 saturated carbocycles. The van der Waals surface area contributed by atoms with E-state index in [9.17, 15) is 4.79 Å². The lowest BCUT2D eigenvalue weighted by molar-refractivity contribution is -0.135. The molecule has 6 heteroatoms. The largest absolute Gasteiger partial charge is 0.322 e. The second-order valence-electron chi connectivity index (χ2n) is 5.31. The number of hydrogen-bond donors (Lipinski definition) is 0. The summed E-state index contributed by atoms with van der Waals surface area (Å²) in [5.74, 6) is 0.754. The van der Waals surface area contributed by atoms with Gasteiger partial charge in [0.15, 0.2) is 5.82 Å². The number of amides is 1. The summed E-state index contributed by atoms with van der Waals surface area (Å²) >= 11 is 0. The van der Waals surface area contributed by atoms with Crippen LogP contribution in [0.15, 0.2) is 24.8 Å². The van der Waals surface area contributed by atoms with Gasteiger partial charge in [0.05, 0.1) is 0 Å². The fourth-order valence-corrected chi connectivity index (χ4v) is 3.01. The van der Waals surface area contributed by atoms with Gasteiger partial charge in [0.2, 0.25) is 5.91 Å². The number of rotatable bonds is 0. The topological polar surface area (TPSA) is 63.9 Å². The van der Waals surface area contributed by atoms with Crippen LogP contribution >= 0.6 is 0 Å². The molecule has 1 aromatic carbocycles. The SMILES string of the molecule is C=C1CN2C(=O)Cn3nnnc3C2c2ccc(C)cc21. The summed E-state index contributed by atoms with van der Waals surface area (Å²) in [5.41, 5.74) is 4.31. The minimum absolute atomic E-state index is 0.0298. The van der Waals surface area contributed by atoms with Crippen molar-refractivity contribution in [3.8, 4) is 0 Å². The molecular formula is C14H13N5O. The Kier molecular flexibility index (Phi) is 2.13. The molecule has 0 radical (unpaired) electrons. The van der Waals surface area contributed by atoms with Gasteiger partial charge in [-0.25, -0.2) is 4.68 Å². The van der Waals surface area contributed by atoms with E-state index in [2.05, 4.69) is 35.1 Å². The Morgan fingerprint density at radius 2 is 2.20 bits per heavy atom. The summed E-state index contributed by atoms with van der Waals surface area (Å²) in [4.78, 5) is 14.1. The third-order valence-electron chi connectivity index (χ3n) is 3.97. The van der Waals surface area contributed by atoms with Crippen molar-refractivity contribution in [3.05, 3.63) is 47.3 Å². The second-order valence-corrected chi connectivity index (χ2v) is 5.31. The van der Waals surface area contributed by atoms with Crippen LogP contribution in [0.1, 0.15) is 28.6 Å². The lowest BCUT2D eigenvalue weighted by Crippen LogP contribution is -2.46. The summed E-state index contributed by atoms with van der Waals surface area (Å²) in [6, 6.07) is 6.00. The summed E-state index contributed by atoms with van der Waals surface area (Å²) < 4.78 is 1.58. The van der Waals surface area contributed by atoms with E-state index in [-0.39, 0.29) is 18.5 Å². The third-order valence-corrected chi connectivity index (χ3v) is 3.97. The number of benzene rings is 1. The van der Waals surface area contributed by atoms with Gasteiger partial charge in [-0.3, -0.25) is 4.79 Å². The molecule has 3 heterocycles. The van der Waals surface area contributed by atoms with Crippen molar-refractivity contribution < 1.29 is 4.79 Å². The number of aryl methyl sites for hydroxylation is 1. The highest BCUT2D eigenvalue weighted by atomic mass is 16.2. The van der Waals surface area contributed by atoms with E-state index in [1.807, 2.05) is 17.0 Å². The summed E-state index contributed by atoms with van der Waals surface area (Å²) in [6.45, 7) is 6.90. The van der Waals surface area contributed by atoms with E-state index in [1.165, 1.54) is 5.56 Å².